The van der Waals surface area contributed by atoms with Gasteiger partial charge < -0.3 is 4.74 Å². The second-order valence-corrected chi connectivity index (χ2v) is 7.85. The molecule has 5 rings (SSSR count). The van der Waals surface area contributed by atoms with Crippen molar-refractivity contribution in [2.75, 3.05) is 7.11 Å². The molecule has 0 N–H and O–H groups in total. The van der Waals surface area contributed by atoms with E-state index in [0.717, 1.165) is 42.0 Å². The third-order valence-corrected chi connectivity index (χ3v) is 5.62. The molecule has 4 heterocycles. The molecule has 1 atom stereocenters. The number of benzene rings is 1. The quantitative estimate of drug-likeness (QED) is 0.469. The topological polar surface area (TPSA) is 70.7 Å². The molecule has 0 spiro atoms. The van der Waals surface area contributed by atoms with Crippen molar-refractivity contribution in [2.24, 2.45) is 0 Å². The van der Waals surface area contributed by atoms with Crippen LogP contribution in [0, 0.1) is 12.7 Å². The van der Waals surface area contributed by atoms with Crippen molar-refractivity contribution in [3.8, 4) is 11.6 Å². The molecule has 0 radical (unpaired) electrons. The maximum absolute atomic E-state index is 13.3. The molecular formula is C24H23FN6O. The highest BCUT2D eigenvalue weighted by Crippen LogP contribution is 2.32. The number of rotatable bonds is 5. The van der Waals surface area contributed by atoms with E-state index in [9.17, 15) is 4.39 Å². The van der Waals surface area contributed by atoms with Gasteiger partial charge in [0, 0.05) is 24.9 Å². The van der Waals surface area contributed by atoms with Gasteiger partial charge in [-0.05, 0) is 61.2 Å². The van der Waals surface area contributed by atoms with Gasteiger partial charge in [0.1, 0.15) is 18.0 Å². The minimum atomic E-state index is -0.229. The van der Waals surface area contributed by atoms with Gasteiger partial charge in [0.05, 0.1) is 12.8 Å². The average molecular weight is 430 g/mol. The summed E-state index contributed by atoms with van der Waals surface area (Å²) in [5.41, 5.74) is 2.85. The molecule has 0 amide bonds. The zero-order chi connectivity index (χ0) is 22.1. The van der Waals surface area contributed by atoms with Gasteiger partial charge in [-0.15, -0.1) is 0 Å². The third-order valence-electron chi connectivity index (χ3n) is 5.62. The first-order valence-electron chi connectivity index (χ1n) is 10.5. The minimum Gasteiger partial charge on any atom is -0.493 e. The number of hydrogen-bond acceptors (Lipinski definition) is 5. The van der Waals surface area contributed by atoms with Crippen LogP contribution < -0.4 is 4.74 Å². The van der Waals surface area contributed by atoms with Crippen molar-refractivity contribution in [1.82, 2.24) is 29.3 Å². The molecule has 1 aliphatic heterocycles. The van der Waals surface area contributed by atoms with Crippen LogP contribution in [-0.2, 0) is 6.54 Å². The number of ether oxygens (including phenoxy) is 1. The van der Waals surface area contributed by atoms with Gasteiger partial charge in [-0.2, -0.15) is 5.10 Å². The van der Waals surface area contributed by atoms with E-state index in [4.69, 9.17) is 9.72 Å². The number of fused-ring (bicyclic) bond motifs is 1. The van der Waals surface area contributed by atoms with E-state index in [1.165, 1.54) is 12.1 Å². The van der Waals surface area contributed by atoms with Gasteiger partial charge in [-0.1, -0.05) is 12.1 Å². The van der Waals surface area contributed by atoms with E-state index in [0.29, 0.717) is 17.4 Å². The number of pyridine rings is 1. The summed E-state index contributed by atoms with van der Waals surface area (Å²) in [6.07, 6.45) is 11.2. The predicted molar refractivity (Wildman–Crippen MR) is 119 cm³/mol. The first-order valence-corrected chi connectivity index (χ1v) is 10.5. The van der Waals surface area contributed by atoms with Crippen molar-refractivity contribution < 1.29 is 9.13 Å². The lowest BCUT2D eigenvalue weighted by molar-refractivity contribution is 0.410. The lowest BCUT2D eigenvalue weighted by Crippen LogP contribution is -2.17. The summed E-state index contributed by atoms with van der Waals surface area (Å²) >= 11 is 0. The van der Waals surface area contributed by atoms with E-state index < -0.39 is 0 Å². The van der Waals surface area contributed by atoms with Crippen molar-refractivity contribution in [1.29, 1.82) is 0 Å². The fraction of sp³-hybridized carbons (Fsp3) is 0.250. The molecule has 0 unspecified atom stereocenters. The molecule has 7 nitrogen and oxygen atoms in total. The maximum atomic E-state index is 13.3. The van der Waals surface area contributed by atoms with Gasteiger partial charge in [-0.3, -0.25) is 4.57 Å². The lowest BCUT2D eigenvalue weighted by Gasteiger charge is -2.22. The summed E-state index contributed by atoms with van der Waals surface area (Å²) in [6.45, 7) is 2.76. The van der Waals surface area contributed by atoms with Gasteiger partial charge in [0.25, 0.3) is 0 Å². The molecular weight excluding hydrogens is 407 g/mol. The molecule has 0 saturated heterocycles. The molecule has 162 valence electrons. The Bertz CT molecular complexity index is 1270. The highest BCUT2D eigenvalue weighted by Gasteiger charge is 2.25. The van der Waals surface area contributed by atoms with Crippen LogP contribution in [0.2, 0.25) is 0 Å². The normalized spacial score (nSPS) is 15.8. The van der Waals surface area contributed by atoms with E-state index in [1.54, 1.807) is 19.6 Å². The number of hydrogen-bond donors (Lipinski definition) is 0. The fourth-order valence-corrected chi connectivity index (χ4v) is 4.05. The van der Waals surface area contributed by atoms with E-state index in [1.807, 2.05) is 52.7 Å². The molecule has 0 aliphatic carbocycles. The van der Waals surface area contributed by atoms with Crippen LogP contribution >= 0.6 is 0 Å². The van der Waals surface area contributed by atoms with Crippen LogP contribution in [0.15, 0.2) is 49.1 Å². The molecule has 0 fully saturated rings. The van der Waals surface area contributed by atoms with Crippen LogP contribution in [0.4, 0.5) is 4.39 Å². The Hall–Kier alpha value is -3.81. The molecule has 4 aromatic rings. The van der Waals surface area contributed by atoms with Gasteiger partial charge in [0.15, 0.2) is 17.4 Å². The summed E-state index contributed by atoms with van der Waals surface area (Å²) < 4.78 is 22.7. The second-order valence-electron chi connectivity index (χ2n) is 7.85. The van der Waals surface area contributed by atoms with Gasteiger partial charge in [0.2, 0.25) is 0 Å². The van der Waals surface area contributed by atoms with Crippen LogP contribution in [-0.4, -0.2) is 36.4 Å². The SMILES string of the molecule is COc1cc(/C=C/c2nc3n(n2)CCC[C@H]3c2ccc(F)cc2)cnc1-n1cnc(C)c1. The summed E-state index contributed by atoms with van der Waals surface area (Å²) in [5.74, 6) is 2.79. The minimum absolute atomic E-state index is 0.124. The number of imidazole rings is 1. The smallest absolute Gasteiger partial charge is 0.180 e. The first kappa shape index (κ1) is 20.1. The summed E-state index contributed by atoms with van der Waals surface area (Å²) in [6, 6.07) is 8.59. The zero-order valence-electron chi connectivity index (χ0n) is 17.9. The summed E-state index contributed by atoms with van der Waals surface area (Å²) in [5, 5.41) is 4.65. The third kappa shape index (κ3) is 3.91. The molecule has 3 aromatic heterocycles. The molecule has 1 aliphatic rings. The van der Waals surface area contributed by atoms with Crippen LogP contribution in [0.3, 0.4) is 0 Å². The number of aryl methyl sites for hydroxylation is 2. The van der Waals surface area contributed by atoms with Gasteiger partial charge >= 0.3 is 0 Å². The Kier molecular flexibility index (Phi) is 5.26. The maximum Gasteiger partial charge on any atom is 0.180 e. The molecule has 32 heavy (non-hydrogen) atoms. The van der Waals surface area contributed by atoms with Crippen LogP contribution in [0.1, 0.15) is 47.2 Å². The van der Waals surface area contributed by atoms with E-state index in [-0.39, 0.29) is 11.7 Å². The predicted octanol–water partition coefficient (Wildman–Crippen LogP) is 4.41. The van der Waals surface area contributed by atoms with Crippen molar-refractivity contribution in [3.05, 3.63) is 83.3 Å². The number of methoxy groups -OCH3 is 1. The van der Waals surface area contributed by atoms with E-state index >= 15 is 0 Å². The van der Waals surface area contributed by atoms with Gasteiger partial charge in [-0.25, -0.2) is 24.0 Å². The van der Waals surface area contributed by atoms with Crippen LogP contribution in [0.5, 0.6) is 5.75 Å². The first-order chi connectivity index (χ1) is 15.6. The number of halogens is 1. The van der Waals surface area contributed by atoms with E-state index in [2.05, 4.69) is 15.1 Å². The largest absolute Gasteiger partial charge is 0.493 e. The molecule has 8 heteroatoms. The summed E-state index contributed by atoms with van der Waals surface area (Å²) in [4.78, 5) is 13.6. The number of aromatic nitrogens is 6. The molecule has 0 bridgehead atoms. The van der Waals surface area contributed by atoms with Crippen molar-refractivity contribution >= 4 is 12.2 Å². The second kappa shape index (κ2) is 8.37. The lowest BCUT2D eigenvalue weighted by atomic mass is 9.91. The summed E-state index contributed by atoms with van der Waals surface area (Å²) in [7, 11) is 1.62. The monoisotopic (exact) mass is 430 g/mol. The fourth-order valence-electron chi connectivity index (χ4n) is 4.05. The Morgan fingerprint density at radius 3 is 2.75 bits per heavy atom. The highest BCUT2D eigenvalue weighted by atomic mass is 19.1. The Morgan fingerprint density at radius 2 is 2.00 bits per heavy atom. The zero-order valence-corrected chi connectivity index (χ0v) is 17.9. The van der Waals surface area contributed by atoms with Crippen molar-refractivity contribution in [2.45, 2.75) is 32.2 Å². The average Bonchev–Trinajstić information content (AvgIpc) is 3.43. The number of nitrogens with zero attached hydrogens (tertiary/aromatic N) is 6. The Labute approximate surface area is 185 Å². The Morgan fingerprint density at radius 1 is 1.16 bits per heavy atom. The molecule has 1 aromatic carbocycles. The van der Waals surface area contributed by atoms with Crippen LogP contribution in [0.25, 0.3) is 18.0 Å². The molecule has 0 saturated carbocycles. The van der Waals surface area contributed by atoms with Crippen molar-refractivity contribution in [3.63, 3.8) is 0 Å². The highest BCUT2D eigenvalue weighted by molar-refractivity contribution is 5.67. The standard InChI is InChI=1S/C24H23FN6O/c1-16-14-30(15-27-16)24-21(32-2)12-17(13-26-24)5-10-22-28-23-20(4-3-11-31(23)29-22)18-6-8-19(25)9-7-18/h5-10,12-15,20H,3-4,11H2,1-2H3/b10-5+/t20-/m0/s1. The Balaban J connectivity index is 1.40.